The van der Waals surface area contributed by atoms with Crippen LogP contribution in [0.15, 0.2) is 52.6 Å². The van der Waals surface area contributed by atoms with Crippen LogP contribution >= 0.6 is 23.4 Å². The van der Waals surface area contributed by atoms with Gasteiger partial charge in [0.1, 0.15) is 29.4 Å². The Morgan fingerprint density at radius 3 is 2.83 bits per heavy atom. The van der Waals surface area contributed by atoms with Gasteiger partial charge in [-0.2, -0.15) is 0 Å². The summed E-state index contributed by atoms with van der Waals surface area (Å²) >= 11 is 7.53. The van der Waals surface area contributed by atoms with E-state index in [9.17, 15) is 10.3 Å². The maximum absolute atomic E-state index is 13.0. The number of rotatable bonds is 7. The van der Waals surface area contributed by atoms with Gasteiger partial charge < -0.3 is 23.8 Å². The number of carbonyl (C=O) groups is 1. The molecular formula is C24H26ClN5O5S. The number of halogens is 1. The molecule has 1 amide bonds. The Bertz CT molecular complexity index is 1130. The van der Waals surface area contributed by atoms with Gasteiger partial charge in [0, 0.05) is 41.3 Å². The molecule has 4 unspecified atom stereocenters. The van der Waals surface area contributed by atoms with E-state index in [1.807, 2.05) is 37.3 Å². The van der Waals surface area contributed by atoms with Gasteiger partial charge in [0.05, 0.1) is 17.7 Å². The van der Waals surface area contributed by atoms with Crippen LogP contribution < -0.4 is 0 Å². The van der Waals surface area contributed by atoms with Crippen LogP contribution in [0.3, 0.4) is 0 Å². The SMILES string of the molecule is CCOC1C(N=[N+]=[N-])[C@H]2OC(c3ccccc3)OCC2O[C@@H]1Sc1cc(Cl)cnc1C(=O)N1CCC1. The highest BCUT2D eigenvalue weighted by Crippen LogP contribution is 2.42. The van der Waals surface area contributed by atoms with Crippen molar-refractivity contribution in [3.05, 3.63) is 69.3 Å². The first-order chi connectivity index (χ1) is 17.6. The Balaban J connectivity index is 1.42. The summed E-state index contributed by atoms with van der Waals surface area (Å²) in [5, 5.41) is 4.48. The predicted octanol–water partition coefficient (Wildman–Crippen LogP) is 4.60. The summed E-state index contributed by atoms with van der Waals surface area (Å²) in [7, 11) is 0. The van der Waals surface area contributed by atoms with E-state index in [-0.39, 0.29) is 12.5 Å². The molecule has 2 aromatic rings. The molecule has 3 fully saturated rings. The highest BCUT2D eigenvalue weighted by Gasteiger charge is 2.50. The highest BCUT2D eigenvalue weighted by molar-refractivity contribution is 8.00. The normalized spacial score (nSPS) is 29.6. The lowest BCUT2D eigenvalue weighted by Crippen LogP contribution is -2.60. The van der Waals surface area contributed by atoms with Crippen LogP contribution in [0.2, 0.25) is 5.02 Å². The van der Waals surface area contributed by atoms with Crippen molar-refractivity contribution in [2.24, 2.45) is 5.11 Å². The van der Waals surface area contributed by atoms with Crippen molar-refractivity contribution < 1.29 is 23.7 Å². The van der Waals surface area contributed by atoms with E-state index in [2.05, 4.69) is 15.0 Å². The first-order valence-corrected chi connectivity index (χ1v) is 13.1. The number of azide groups is 1. The van der Waals surface area contributed by atoms with Crippen molar-refractivity contribution in [1.82, 2.24) is 9.88 Å². The topological polar surface area (TPSA) is 119 Å². The minimum Gasteiger partial charge on any atom is -0.374 e. The molecule has 0 N–H and O–H groups in total. The van der Waals surface area contributed by atoms with Crippen LogP contribution in [-0.2, 0) is 18.9 Å². The Morgan fingerprint density at radius 1 is 1.33 bits per heavy atom. The summed E-state index contributed by atoms with van der Waals surface area (Å²) in [4.78, 5) is 22.7. The molecule has 36 heavy (non-hydrogen) atoms. The molecule has 3 aliphatic heterocycles. The molecule has 1 aromatic carbocycles. The van der Waals surface area contributed by atoms with Gasteiger partial charge in [-0.25, -0.2) is 4.98 Å². The zero-order valence-electron chi connectivity index (χ0n) is 19.6. The first-order valence-electron chi connectivity index (χ1n) is 11.8. The zero-order valence-corrected chi connectivity index (χ0v) is 21.2. The summed E-state index contributed by atoms with van der Waals surface area (Å²) in [6.07, 6.45) is 0.103. The standard InChI is InChI=1S/C24H26ClN5O5S/c1-2-32-21-19(28-29-26)20-16(13-33-23(35-20)14-7-4-3-5-8-14)34-24(21)36-17-11-15(25)12-27-18(17)22(31)30-9-6-10-30/h3-5,7-8,11-12,16,19-21,23-24H,2,6,9-10,13H2,1H3/t16?,19?,20-,21?,23?,24+/m0/s1. The molecule has 190 valence electrons. The fourth-order valence-electron chi connectivity index (χ4n) is 4.47. The van der Waals surface area contributed by atoms with E-state index in [0.29, 0.717) is 35.3 Å². The third kappa shape index (κ3) is 5.19. The van der Waals surface area contributed by atoms with Crippen molar-refractivity contribution in [2.45, 2.75) is 54.3 Å². The number of aromatic nitrogens is 1. The third-order valence-electron chi connectivity index (χ3n) is 6.33. The summed E-state index contributed by atoms with van der Waals surface area (Å²) in [6.45, 7) is 3.87. The monoisotopic (exact) mass is 531 g/mol. The number of benzene rings is 1. The lowest BCUT2D eigenvalue weighted by atomic mass is 9.96. The van der Waals surface area contributed by atoms with Gasteiger partial charge in [0.15, 0.2) is 6.29 Å². The molecule has 5 rings (SSSR count). The summed E-state index contributed by atoms with van der Waals surface area (Å²) in [6, 6.07) is 10.6. The summed E-state index contributed by atoms with van der Waals surface area (Å²) in [5.41, 5.74) is 9.94. The molecular weight excluding hydrogens is 506 g/mol. The van der Waals surface area contributed by atoms with Crippen LogP contribution in [0, 0.1) is 0 Å². The van der Waals surface area contributed by atoms with Gasteiger partial charge >= 0.3 is 0 Å². The van der Waals surface area contributed by atoms with Gasteiger partial charge in [0.2, 0.25) is 0 Å². The largest absolute Gasteiger partial charge is 0.374 e. The van der Waals surface area contributed by atoms with E-state index in [4.69, 9.17) is 30.5 Å². The quantitative estimate of drug-likeness (QED) is 0.291. The Hall–Kier alpha value is -2.37. The van der Waals surface area contributed by atoms with E-state index in [0.717, 1.165) is 12.0 Å². The number of pyridine rings is 1. The van der Waals surface area contributed by atoms with Crippen molar-refractivity contribution in [1.29, 1.82) is 0 Å². The van der Waals surface area contributed by atoms with Gasteiger partial charge in [0.25, 0.3) is 5.91 Å². The number of thioether (sulfide) groups is 1. The second-order valence-corrected chi connectivity index (χ2v) is 10.2. The fourth-order valence-corrected chi connectivity index (χ4v) is 5.96. The molecule has 0 radical (unpaired) electrons. The minimum absolute atomic E-state index is 0.149. The maximum atomic E-state index is 13.0. The van der Waals surface area contributed by atoms with E-state index >= 15 is 0 Å². The number of ether oxygens (including phenoxy) is 4. The van der Waals surface area contributed by atoms with Crippen LogP contribution in [0.4, 0.5) is 0 Å². The minimum atomic E-state index is -0.678. The maximum Gasteiger partial charge on any atom is 0.273 e. The molecule has 0 spiro atoms. The molecule has 0 bridgehead atoms. The number of likely N-dealkylation sites (tertiary alicyclic amines) is 1. The van der Waals surface area contributed by atoms with Gasteiger partial charge in [-0.15, -0.1) is 0 Å². The van der Waals surface area contributed by atoms with E-state index in [1.165, 1.54) is 18.0 Å². The first kappa shape index (κ1) is 25.3. The van der Waals surface area contributed by atoms with Crippen molar-refractivity contribution in [3.8, 4) is 0 Å². The van der Waals surface area contributed by atoms with Crippen LogP contribution in [0.5, 0.6) is 0 Å². The average Bonchev–Trinajstić information content (AvgIpc) is 2.85. The second-order valence-electron chi connectivity index (χ2n) is 8.60. The lowest BCUT2D eigenvalue weighted by molar-refractivity contribution is -0.300. The zero-order chi connectivity index (χ0) is 25.1. The molecule has 10 nitrogen and oxygen atoms in total. The van der Waals surface area contributed by atoms with Gasteiger partial charge in [-0.05, 0) is 24.9 Å². The fraction of sp³-hybridized carbons (Fsp3) is 0.500. The molecule has 0 saturated carbocycles. The van der Waals surface area contributed by atoms with Crippen molar-refractivity contribution >= 4 is 29.3 Å². The highest BCUT2D eigenvalue weighted by atomic mass is 35.5. The lowest BCUT2D eigenvalue weighted by Gasteiger charge is -2.48. The molecule has 12 heteroatoms. The number of nitrogens with zero attached hydrogens (tertiary/aromatic N) is 5. The van der Waals surface area contributed by atoms with Crippen molar-refractivity contribution in [3.63, 3.8) is 0 Å². The number of carbonyl (C=O) groups excluding carboxylic acids is 1. The average molecular weight is 532 g/mol. The number of fused-ring (bicyclic) bond motifs is 1. The Morgan fingerprint density at radius 2 is 2.14 bits per heavy atom. The van der Waals surface area contributed by atoms with Crippen LogP contribution in [-0.4, -0.2) is 71.9 Å². The smallest absolute Gasteiger partial charge is 0.273 e. The molecule has 3 saturated heterocycles. The Kier molecular flexibility index (Phi) is 7.97. The van der Waals surface area contributed by atoms with Crippen LogP contribution in [0.25, 0.3) is 10.4 Å². The summed E-state index contributed by atoms with van der Waals surface area (Å²) < 4.78 is 24.7. The van der Waals surface area contributed by atoms with Crippen molar-refractivity contribution in [2.75, 3.05) is 26.3 Å². The van der Waals surface area contributed by atoms with E-state index < -0.39 is 36.1 Å². The molecule has 3 aliphatic rings. The van der Waals surface area contributed by atoms with Gasteiger partial charge in [-0.3, -0.25) is 4.79 Å². The Labute approximate surface area is 217 Å². The van der Waals surface area contributed by atoms with E-state index in [1.54, 1.807) is 11.0 Å². The molecule has 1 aromatic heterocycles. The predicted molar refractivity (Wildman–Crippen MR) is 133 cm³/mol. The van der Waals surface area contributed by atoms with Gasteiger partial charge in [-0.1, -0.05) is 58.8 Å². The molecule has 0 aliphatic carbocycles. The molecule has 4 heterocycles. The second kappa shape index (κ2) is 11.4. The van der Waals surface area contributed by atoms with Crippen LogP contribution in [0.1, 0.15) is 35.7 Å². The number of hydrogen-bond acceptors (Lipinski definition) is 8. The number of amides is 1. The number of hydrogen-bond donors (Lipinski definition) is 0. The summed E-state index contributed by atoms with van der Waals surface area (Å²) in [5.74, 6) is -0.149. The molecule has 6 atom stereocenters. The third-order valence-corrected chi connectivity index (χ3v) is 7.72.